The summed E-state index contributed by atoms with van der Waals surface area (Å²) in [5, 5.41) is 0. The number of sulfonamides is 1. The Balaban J connectivity index is 1.83. The summed E-state index contributed by atoms with van der Waals surface area (Å²) in [5.41, 5.74) is 3.66. The topological polar surface area (TPSA) is 71.1 Å². The molecule has 0 saturated heterocycles. The minimum absolute atomic E-state index is 0.0929. The Labute approximate surface area is 179 Å². The predicted molar refractivity (Wildman–Crippen MR) is 119 cm³/mol. The highest BCUT2D eigenvalue weighted by atomic mass is 32.2. The Kier molecular flexibility index (Phi) is 6.90. The number of likely N-dealkylation sites (N-methyl/N-ethyl adjacent to an activating group) is 1. The number of nitrogens with zero attached hydrogens (tertiary/aromatic N) is 2. The highest BCUT2D eigenvalue weighted by Gasteiger charge is 2.24. The molecule has 164 valence electrons. The Morgan fingerprint density at radius 3 is 2.57 bits per heavy atom. The van der Waals surface area contributed by atoms with Gasteiger partial charge in [0.25, 0.3) is 0 Å². The lowest BCUT2D eigenvalue weighted by Crippen LogP contribution is -2.35. The summed E-state index contributed by atoms with van der Waals surface area (Å²) < 4.78 is 39.2. The van der Waals surface area contributed by atoms with Crippen molar-refractivity contribution in [2.75, 3.05) is 53.4 Å². The van der Waals surface area contributed by atoms with Crippen LogP contribution >= 0.6 is 0 Å². The lowest BCUT2D eigenvalue weighted by Gasteiger charge is -2.30. The quantitative estimate of drug-likeness (QED) is 0.690. The third-order valence-electron chi connectivity index (χ3n) is 5.59. The zero-order valence-corrected chi connectivity index (χ0v) is 19.1. The Morgan fingerprint density at radius 1 is 1.13 bits per heavy atom. The van der Waals surface area contributed by atoms with Gasteiger partial charge in [-0.15, -0.1) is 0 Å². The first kappa shape index (κ1) is 22.4. The van der Waals surface area contributed by atoms with Crippen LogP contribution in [0, 0.1) is 0 Å². The van der Waals surface area contributed by atoms with Gasteiger partial charge in [0, 0.05) is 37.9 Å². The molecule has 1 aliphatic heterocycles. The number of rotatable bonds is 8. The number of methoxy groups -OCH3 is 2. The van der Waals surface area contributed by atoms with Crippen molar-refractivity contribution in [2.45, 2.75) is 23.8 Å². The summed E-state index contributed by atoms with van der Waals surface area (Å²) in [4.78, 5) is 4.39. The second kappa shape index (κ2) is 9.24. The average molecular weight is 434 g/mol. The summed E-state index contributed by atoms with van der Waals surface area (Å²) in [7, 11) is 5.24. The fourth-order valence-electron chi connectivity index (χ4n) is 3.87. The largest absolute Gasteiger partial charge is 0.497 e. The molecule has 8 heteroatoms. The maximum Gasteiger partial charge on any atom is 0.244 e. The lowest BCUT2D eigenvalue weighted by atomic mass is 9.96. The van der Waals surface area contributed by atoms with Gasteiger partial charge < -0.3 is 19.3 Å². The number of fused-ring (bicyclic) bond motifs is 1. The number of hydrogen-bond acceptors (Lipinski definition) is 6. The molecule has 1 heterocycles. The van der Waals surface area contributed by atoms with Gasteiger partial charge >= 0.3 is 0 Å². The summed E-state index contributed by atoms with van der Waals surface area (Å²) in [5.74, 6) is 0.788. The molecule has 0 spiro atoms. The van der Waals surface area contributed by atoms with Crippen LogP contribution in [0.5, 0.6) is 11.5 Å². The molecule has 2 aromatic rings. The Bertz CT molecular complexity index is 992. The van der Waals surface area contributed by atoms with Crippen LogP contribution in [-0.2, 0) is 16.4 Å². The smallest absolute Gasteiger partial charge is 0.244 e. The van der Waals surface area contributed by atoms with Crippen molar-refractivity contribution in [3.05, 3.63) is 47.5 Å². The van der Waals surface area contributed by atoms with Gasteiger partial charge in [0.1, 0.15) is 16.4 Å². The minimum atomic E-state index is -3.76. The maximum absolute atomic E-state index is 13.0. The van der Waals surface area contributed by atoms with Crippen molar-refractivity contribution in [1.29, 1.82) is 0 Å². The lowest BCUT2D eigenvalue weighted by molar-refractivity contribution is 0.299. The molecule has 1 atom stereocenters. The van der Waals surface area contributed by atoms with Crippen molar-refractivity contribution in [2.24, 2.45) is 0 Å². The molecule has 0 fully saturated rings. The van der Waals surface area contributed by atoms with Crippen LogP contribution in [0.15, 0.2) is 41.3 Å². The van der Waals surface area contributed by atoms with Gasteiger partial charge in [-0.2, -0.15) is 0 Å². The fourth-order valence-corrected chi connectivity index (χ4v) is 5.06. The molecule has 0 aromatic heterocycles. The molecule has 3 rings (SSSR count). The summed E-state index contributed by atoms with van der Waals surface area (Å²) >= 11 is 0. The summed E-state index contributed by atoms with van der Waals surface area (Å²) in [6.07, 6.45) is 2.17. The van der Waals surface area contributed by atoms with Crippen LogP contribution in [-0.4, -0.2) is 61.8 Å². The van der Waals surface area contributed by atoms with Crippen molar-refractivity contribution in [1.82, 2.24) is 9.62 Å². The van der Waals surface area contributed by atoms with Gasteiger partial charge in [0.05, 0.1) is 14.2 Å². The van der Waals surface area contributed by atoms with E-state index in [0.29, 0.717) is 5.75 Å². The second-order valence-corrected chi connectivity index (χ2v) is 9.50. The van der Waals surface area contributed by atoms with E-state index in [0.717, 1.165) is 24.9 Å². The van der Waals surface area contributed by atoms with E-state index in [1.165, 1.54) is 31.5 Å². The first-order valence-corrected chi connectivity index (χ1v) is 11.5. The third-order valence-corrected chi connectivity index (χ3v) is 7.05. The molecule has 2 aromatic carbocycles. The summed E-state index contributed by atoms with van der Waals surface area (Å²) in [6.45, 7) is 1.31. The molecular weight excluding hydrogens is 402 g/mol. The van der Waals surface area contributed by atoms with Crippen molar-refractivity contribution in [3.63, 3.8) is 0 Å². The Morgan fingerprint density at radius 2 is 1.90 bits per heavy atom. The number of benzene rings is 2. The number of anilines is 1. The first-order chi connectivity index (χ1) is 14.3. The number of nitrogens with one attached hydrogen (secondary N) is 1. The van der Waals surface area contributed by atoms with Crippen LogP contribution in [0.4, 0.5) is 5.69 Å². The standard InChI is InChI=1S/C22H31N3O4S/c1-24(2)20(17-8-10-19-16(13-17)7-6-12-25(19)3)15-23-30(26,27)22-11-9-18(28-4)14-21(22)29-5/h8-11,13-14,20,23H,6-7,12,15H2,1-5H3/t20-/m1/s1. The second-order valence-electron chi connectivity index (χ2n) is 7.76. The van der Waals surface area contributed by atoms with Crippen LogP contribution in [0.3, 0.4) is 0 Å². The van der Waals surface area contributed by atoms with Crippen LogP contribution in [0.1, 0.15) is 23.6 Å². The molecular formula is C22H31N3O4S. The number of aryl methyl sites for hydroxylation is 1. The van der Waals surface area contributed by atoms with E-state index in [4.69, 9.17) is 9.47 Å². The van der Waals surface area contributed by atoms with Gasteiger partial charge in [0.2, 0.25) is 10.0 Å². The van der Waals surface area contributed by atoms with Gasteiger partial charge in [-0.3, -0.25) is 0 Å². The van der Waals surface area contributed by atoms with E-state index in [9.17, 15) is 8.42 Å². The molecule has 0 saturated carbocycles. The van der Waals surface area contributed by atoms with Crippen LogP contribution in [0.2, 0.25) is 0 Å². The van der Waals surface area contributed by atoms with Gasteiger partial charge in [-0.05, 0) is 56.3 Å². The normalized spacial score (nSPS) is 15.1. The molecule has 30 heavy (non-hydrogen) atoms. The summed E-state index contributed by atoms with van der Waals surface area (Å²) in [6, 6.07) is 11.0. The van der Waals surface area contributed by atoms with Crippen molar-refractivity contribution < 1.29 is 17.9 Å². The minimum Gasteiger partial charge on any atom is -0.497 e. The fraction of sp³-hybridized carbons (Fsp3) is 0.455. The molecule has 0 amide bonds. The first-order valence-electron chi connectivity index (χ1n) is 9.99. The maximum atomic E-state index is 13.0. The Hall–Kier alpha value is -2.29. The zero-order valence-electron chi connectivity index (χ0n) is 18.3. The van der Waals surface area contributed by atoms with E-state index in [1.54, 1.807) is 12.1 Å². The molecule has 0 aliphatic carbocycles. The van der Waals surface area contributed by atoms with Gasteiger partial charge in [-0.1, -0.05) is 12.1 Å². The number of ether oxygens (including phenoxy) is 2. The third kappa shape index (κ3) is 4.71. The molecule has 7 nitrogen and oxygen atoms in total. The highest BCUT2D eigenvalue weighted by Crippen LogP contribution is 2.31. The number of hydrogen-bond donors (Lipinski definition) is 1. The van der Waals surface area contributed by atoms with Gasteiger partial charge in [0.15, 0.2) is 0 Å². The van der Waals surface area contributed by atoms with E-state index >= 15 is 0 Å². The zero-order chi connectivity index (χ0) is 21.9. The predicted octanol–water partition coefficient (Wildman–Crippen LogP) is 2.67. The molecule has 0 unspecified atom stereocenters. The van der Waals surface area contributed by atoms with E-state index in [1.807, 2.05) is 19.0 Å². The SMILES string of the molecule is COc1ccc(S(=O)(=O)NC[C@H](c2ccc3c(c2)CCCN3C)N(C)C)c(OC)c1. The monoisotopic (exact) mass is 433 g/mol. The van der Waals surface area contributed by atoms with Crippen LogP contribution in [0.25, 0.3) is 0 Å². The van der Waals surface area contributed by atoms with E-state index in [2.05, 4.69) is 34.9 Å². The average Bonchev–Trinajstić information content (AvgIpc) is 2.73. The molecule has 1 N–H and O–H groups in total. The van der Waals surface area contributed by atoms with E-state index < -0.39 is 10.0 Å². The highest BCUT2D eigenvalue weighted by molar-refractivity contribution is 7.89. The van der Waals surface area contributed by atoms with Gasteiger partial charge in [-0.25, -0.2) is 13.1 Å². The van der Waals surface area contributed by atoms with E-state index in [-0.39, 0.29) is 23.2 Å². The molecule has 0 radical (unpaired) electrons. The molecule has 0 bridgehead atoms. The van der Waals surface area contributed by atoms with Crippen molar-refractivity contribution in [3.8, 4) is 11.5 Å². The van der Waals surface area contributed by atoms with Crippen LogP contribution < -0.4 is 19.1 Å². The van der Waals surface area contributed by atoms with Crippen molar-refractivity contribution >= 4 is 15.7 Å². The molecule has 1 aliphatic rings.